The van der Waals surface area contributed by atoms with Crippen LogP contribution in [0.1, 0.15) is 148 Å². The molecule has 0 aliphatic heterocycles. The Bertz CT molecular complexity index is 1110. The molecule has 0 spiro atoms. The third kappa shape index (κ3) is 10.2. The van der Waals surface area contributed by atoms with Crippen LogP contribution in [0.5, 0.6) is 0 Å². The molecular weight excluding hydrogens is 494 g/mol. The smallest absolute Gasteiger partial charge is 0.0358 e. The molecule has 0 unspecified atom stereocenters. The summed E-state index contributed by atoms with van der Waals surface area (Å²) in [5, 5.41) is 0. The number of benzene rings is 2. The first-order chi connectivity index (χ1) is 19.4. The molecule has 0 aliphatic carbocycles. The molecule has 1 heteroatoms. The van der Waals surface area contributed by atoms with Crippen molar-refractivity contribution in [3.05, 3.63) is 89.5 Å². The first kappa shape index (κ1) is 42.6. The fraction of sp³-hybridized carbons (Fsp3) is 0.450. The number of rotatable bonds is 9. The molecule has 2 N–H and O–H groups in total. The summed E-state index contributed by atoms with van der Waals surface area (Å²) in [6.45, 7) is 49.9. The van der Waals surface area contributed by atoms with Crippen molar-refractivity contribution < 1.29 is 0 Å². The SMILES string of the molecule is C=Cc1c(-c2c(C=C)c(C=C)c(C(C)(C)C)c(C=C)c2CCC)ccc(C(C)(C)N)c1C=C.CC.CC.CC.CC. The van der Waals surface area contributed by atoms with E-state index in [1.165, 1.54) is 22.3 Å². The van der Waals surface area contributed by atoms with Crippen LogP contribution in [0.3, 0.4) is 0 Å². The quantitative estimate of drug-likeness (QED) is 0.325. The van der Waals surface area contributed by atoms with Gasteiger partial charge in [-0.3, -0.25) is 0 Å². The number of nitrogens with two attached hydrogens (primary N) is 1. The Labute approximate surface area is 257 Å². The highest BCUT2D eigenvalue weighted by atomic mass is 14.7. The lowest BCUT2D eigenvalue weighted by Crippen LogP contribution is -2.30. The predicted octanol–water partition coefficient (Wildman–Crippen LogP) is 13.1. The summed E-state index contributed by atoms with van der Waals surface area (Å²) in [5.74, 6) is 0. The third-order valence-corrected chi connectivity index (χ3v) is 6.25. The van der Waals surface area contributed by atoms with Crippen molar-refractivity contribution in [1.29, 1.82) is 0 Å². The van der Waals surface area contributed by atoms with E-state index in [1.807, 2.05) is 99.6 Å². The Kier molecular flexibility index (Phi) is 21.7. The van der Waals surface area contributed by atoms with Gasteiger partial charge in [0.15, 0.2) is 0 Å². The highest BCUT2D eigenvalue weighted by Gasteiger charge is 2.29. The van der Waals surface area contributed by atoms with Gasteiger partial charge in [-0.05, 0) is 81.3 Å². The highest BCUT2D eigenvalue weighted by molar-refractivity contribution is 5.93. The molecule has 2 rings (SSSR count). The molecule has 2 aromatic rings. The van der Waals surface area contributed by atoms with Gasteiger partial charge in [0.05, 0.1) is 0 Å². The van der Waals surface area contributed by atoms with E-state index < -0.39 is 5.54 Å². The summed E-state index contributed by atoms with van der Waals surface area (Å²) in [5.41, 5.74) is 17.3. The molecule has 0 saturated carbocycles. The second-order valence-corrected chi connectivity index (χ2v) is 10.2. The van der Waals surface area contributed by atoms with Crippen LogP contribution < -0.4 is 5.73 Å². The second kappa shape index (κ2) is 20.9. The summed E-state index contributed by atoms with van der Waals surface area (Å²) in [6, 6.07) is 4.30. The van der Waals surface area contributed by atoms with E-state index in [0.29, 0.717) is 0 Å². The molecule has 0 aliphatic rings. The Balaban J connectivity index is -0.00000165. The monoisotopic (exact) mass is 560 g/mol. The van der Waals surface area contributed by atoms with Crippen molar-refractivity contribution in [3.8, 4) is 11.1 Å². The molecule has 0 atom stereocenters. The van der Waals surface area contributed by atoms with Gasteiger partial charge in [-0.2, -0.15) is 0 Å². The largest absolute Gasteiger partial charge is 0.322 e. The van der Waals surface area contributed by atoms with Crippen LogP contribution in [0.2, 0.25) is 0 Å². The van der Waals surface area contributed by atoms with Crippen molar-refractivity contribution in [3.63, 3.8) is 0 Å². The second-order valence-electron chi connectivity index (χ2n) is 10.2. The van der Waals surface area contributed by atoms with Gasteiger partial charge in [0.25, 0.3) is 0 Å². The third-order valence-electron chi connectivity index (χ3n) is 6.25. The van der Waals surface area contributed by atoms with Crippen molar-refractivity contribution in [2.75, 3.05) is 0 Å². The van der Waals surface area contributed by atoms with E-state index in [1.54, 1.807) is 0 Å². The van der Waals surface area contributed by atoms with Crippen molar-refractivity contribution >= 4 is 30.4 Å². The zero-order valence-corrected chi connectivity index (χ0v) is 29.6. The minimum absolute atomic E-state index is 0.0766. The summed E-state index contributed by atoms with van der Waals surface area (Å²) >= 11 is 0. The molecule has 0 amide bonds. The molecule has 230 valence electrons. The van der Waals surface area contributed by atoms with Crippen LogP contribution in [0.25, 0.3) is 41.5 Å². The standard InChI is InChI=1S/C32H41N.4C2H6/c1-12-18-26-25(17-6)30(31(7,8)9)24(16-5)23(15-4)29(26)27-19-20-28(32(10,11)33)22(14-3)21(27)13-2;4*1-2/h13-17,19-20H,2-6,12,18,33H2,1,7-11H3;4*1-2H3. The lowest BCUT2D eigenvalue weighted by molar-refractivity contribution is 0.553. The van der Waals surface area contributed by atoms with Gasteiger partial charge < -0.3 is 5.73 Å². The minimum Gasteiger partial charge on any atom is -0.322 e. The first-order valence-corrected chi connectivity index (χ1v) is 15.7. The van der Waals surface area contributed by atoms with Gasteiger partial charge in [-0.1, -0.05) is 165 Å². The first-order valence-electron chi connectivity index (χ1n) is 15.7. The van der Waals surface area contributed by atoms with E-state index in [-0.39, 0.29) is 5.41 Å². The predicted molar refractivity (Wildman–Crippen MR) is 198 cm³/mol. The van der Waals surface area contributed by atoms with Gasteiger partial charge in [0.2, 0.25) is 0 Å². The summed E-state index contributed by atoms with van der Waals surface area (Å²) in [7, 11) is 0. The molecular formula is C40H65N. The molecule has 0 aromatic heterocycles. The maximum Gasteiger partial charge on any atom is 0.0358 e. The van der Waals surface area contributed by atoms with Crippen LogP contribution in [0.4, 0.5) is 0 Å². The van der Waals surface area contributed by atoms with Crippen molar-refractivity contribution in [1.82, 2.24) is 0 Å². The van der Waals surface area contributed by atoms with Gasteiger partial charge in [-0.15, -0.1) is 0 Å². The Morgan fingerprint density at radius 3 is 1.34 bits per heavy atom. The molecule has 0 radical (unpaired) electrons. The van der Waals surface area contributed by atoms with Gasteiger partial charge >= 0.3 is 0 Å². The highest BCUT2D eigenvalue weighted by Crippen LogP contribution is 2.45. The molecule has 0 heterocycles. The molecule has 41 heavy (non-hydrogen) atoms. The Morgan fingerprint density at radius 1 is 0.610 bits per heavy atom. The fourth-order valence-corrected chi connectivity index (χ4v) is 4.99. The van der Waals surface area contributed by atoms with E-state index in [0.717, 1.165) is 46.2 Å². The number of hydrogen-bond donors (Lipinski definition) is 1. The van der Waals surface area contributed by atoms with Crippen LogP contribution in [0, 0.1) is 0 Å². The summed E-state index contributed by atoms with van der Waals surface area (Å²) in [4.78, 5) is 0. The Hall–Kier alpha value is -2.90. The summed E-state index contributed by atoms with van der Waals surface area (Å²) < 4.78 is 0. The maximum atomic E-state index is 6.51. The van der Waals surface area contributed by atoms with E-state index >= 15 is 0 Å². The summed E-state index contributed by atoms with van der Waals surface area (Å²) in [6.07, 6.45) is 11.7. The molecule has 1 nitrogen and oxygen atoms in total. The van der Waals surface area contributed by atoms with Crippen molar-refractivity contribution in [2.24, 2.45) is 5.73 Å². The molecule has 2 aromatic carbocycles. The van der Waals surface area contributed by atoms with Crippen LogP contribution >= 0.6 is 0 Å². The van der Waals surface area contributed by atoms with E-state index in [2.05, 4.69) is 72.7 Å². The molecule has 0 bridgehead atoms. The fourth-order valence-electron chi connectivity index (χ4n) is 4.99. The minimum atomic E-state index is -0.498. The number of hydrogen-bond acceptors (Lipinski definition) is 1. The molecule has 0 fully saturated rings. The average Bonchev–Trinajstić information content (AvgIpc) is 2.98. The van der Waals surface area contributed by atoms with Gasteiger partial charge in [0, 0.05) is 5.54 Å². The van der Waals surface area contributed by atoms with Crippen LogP contribution in [-0.4, -0.2) is 0 Å². The zero-order valence-electron chi connectivity index (χ0n) is 29.6. The zero-order chi connectivity index (χ0) is 33.1. The normalized spacial score (nSPS) is 10.0. The van der Waals surface area contributed by atoms with Crippen LogP contribution in [-0.2, 0) is 17.4 Å². The van der Waals surface area contributed by atoms with Gasteiger partial charge in [-0.25, -0.2) is 0 Å². The Morgan fingerprint density at radius 2 is 1.02 bits per heavy atom. The topological polar surface area (TPSA) is 26.0 Å². The average molecular weight is 560 g/mol. The van der Waals surface area contributed by atoms with Crippen molar-refractivity contribution in [2.45, 2.75) is 121 Å². The van der Waals surface area contributed by atoms with Crippen LogP contribution in [0.15, 0.2) is 45.0 Å². The van der Waals surface area contributed by atoms with E-state index in [9.17, 15) is 0 Å². The van der Waals surface area contributed by atoms with E-state index in [4.69, 9.17) is 5.73 Å². The maximum absolute atomic E-state index is 6.51. The lowest BCUT2D eigenvalue weighted by Gasteiger charge is -2.31. The lowest BCUT2D eigenvalue weighted by atomic mass is 9.72. The molecule has 0 saturated heterocycles. The van der Waals surface area contributed by atoms with Gasteiger partial charge in [0.1, 0.15) is 0 Å².